The molecular formula is C15H29NO. The Morgan fingerprint density at radius 2 is 1.94 bits per heavy atom. The third-order valence-corrected chi connectivity index (χ3v) is 4.65. The number of rotatable bonds is 5. The van der Waals surface area contributed by atoms with Gasteiger partial charge in [0.25, 0.3) is 0 Å². The van der Waals surface area contributed by atoms with Gasteiger partial charge in [0.1, 0.15) is 0 Å². The Bertz CT molecular complexity index is 221. The Morgan fingerprint density at radius 3 is 2.59 bits per heavy atom. The second kappa shape index (κ2) is 6.19. The van der Waals surface area contributed by atoms with Crippen molar-refractivity contribution in [3.05, 3.63) is 0 Å². The van der Waals surface area contributed by atoms with Crippen molar-refractivity contribution in [2.45, 2.75) is 63.9 Å². The predicted molar refractivity (Wildman–Crippen MR) is 72.2 cm³/mol. The van der Waals surface area contributed by atoms with Gasteiger partial charge in [-0.15, -0.1) is 0 Å². The molecule has 1 N–H and O–H groups in total. The lowest BCUT2D eigenvalue weighted by Crippen LogP contribution is -2.46. The molecule has 0 spiro atoms. The van der Waals surface area contributed by atoms with Gasteiger partial charge in [-0.3, -0.25) is 0 Å². The molecule has 0 amide bonds. The van der Waals surface area contributed by atoms with E-state index in [1.165, 1.54) is 51.4 Å². The number of ether oxygens (including phenoxy) is 1. The molecule has 0 bridgehead atoms. The largest absolute Gasteiger partial charge is 0.373 e. The monoisotopic (exact) mass is 239 g/mol. The Kier molecular flexibility index (Phi) is 4.87. The van der Waals surface area contributed by atoms with Gasteiger partial charge in [0.05, 0.1) is 12.2 Å². The first kappa shape index (κ1) is 13.4. The topological polar surface area (TPSA) is 21.3 Å². The minimum absolute atomic E-state index is 0.148. The molecule has 0 aromatic rings. The van der Waals surface area contributed by atoms with Crippen molar-refractivity contribution in [2.75, 3.05) is 20.2 Å². The van der Waals surface area contributed by atoms with Gasteiger partial charge in [0.15, 0.2) is 0 Å². The third-order valence-electron chi connectivity index (χ3n) is 4.65. The van der Waals surface area contributed by atoms with E-state index in [4.69, 9.17) is 4.74 Å². The summed E-state index contributed by atoms with van der Waals surface area (Å²) < 4.78 is 6.40. The molecule has 2 heteroatoms. The fraction of sp³-hybridized carbons (Fsp3) is 1.00. The van der Waals surface area contributed by atoms with Gasteiger partial charge in [-0.2, -0.15) is 0 Å². The summed E-state index contributed by atoms with van der Waals surface area (Å²) in [5.74, 6) is 1.68. The van der Waals surface area contributed by atoms with E-state index in [1.807, 2.05) is 0 Å². The van der Waals surface area contributed by atoms with Crippen LogP contribution < -0.4 is 5.32 Å². The zero-order valence-corrected chi connectivity index (χ0v) is 11.6. The van der Waals surface area contributed by atoms with Crippen molar-refractivity contribution in [1.29, 1.82) is 0 Å². The van der Waals surface area contributed by atoms with Gasteiger partial charge in [-0.25, -0.2) is 0 Å². The number of hydrogen-bond acceptors (Lipinski definition) is 2. The van der Waals surface area contributed by atoms with Crippen LogP contribution in [0.5, 0.6) is 0 Å². The van der Waals surface area contributed by atoms with Crippen LogP contribution in [0, 0.1) is 11.8 Å². The smallest absolute Gasteiger partial charge is 0.0808 e. The molecule has 0 saturated heterocycles. The maximum atomic E-state index is 6.40. The van der Waals surface area contributed by atoms with Gasteiger partial charge in [-0.05, 0) is 44.6 Å². The Morgan fingerprint density at radius 1 is 1.18 bits per heavy atom. The van der Waals surface area contributed by atoms with Gasteiger partial charge in [-0.1, -0.05) is 32.6 Å². The zero-order chi connectivity index (χ0) is 12.1. The normalized spacial score (nSPS) is 35.3. The van der Waals surface area contributed by atoms with Crippen molar-refractivity contribution in [2.24, 2.45) is 11.8 Å². The first-order valence-corrected chi connectivity index (χ1v) is 7.53. The van der Waals surface area contributed by atoms with Crippen LogP contribution in [-0.2, 0) is 4.74 Å². The zero-order valence-electron chi connectivity index (χ0n) is 11.6. The molecule has 2 nitrogen and oxygen atoms in total. The Labute approximate surface area is 107 Å². The molecule has 0 aromatic heterocycles. The average molecular weight is 239 g/mol. The first-order chi connectivity index (χ1) is 8.24. The lowest BCUT2D eigenvalue weighted by atomic mass is 9.78. The summed E-state index contributed by atoms with van der Waals surface area (Å²) in [6.07, 6.45) is 10.9. The number of likely N-dealkylation sites (N-methyl/N-ethyl adjacent to an activating group) is 1. The minimum atomic E-state index is 0.148. The molecule has 2 unspecified atom stereocenters. The summed E-state index contributed by atoms with van der Waals surface area (Å²) in [6.45, 7) is 4.42. The molecule has 0 aromatic carbocycles. The fourth-order valence-electron chi connectivity index (χ4n) is 3.75. The molecule has 2 saturated carbocycles. The Balaban J connectivity index is 1.86. The predicted octanol–water partition coefficient (Wildman–Crippen LogP) is 3.36. The molecule has 0 heterocycles. The van der Waals surface area contributed by atoms with E-state index in [0.717, 1.165) is 25.0 Å². The van der Waals surface area contributed by atoms with Crippen molar-refractivity contribution < 1.29 is 4.74 Å². The molecule has 2 fully saturated rings. The summed E-state index contributed by atoms with van der Waals surface area (Å²) in [4.78, 5) is 0. The van der Waals surface area contributed by atoms with Crippen LogP contribution in [0.1, 0.15) is 58.3 Å². The summed E-state index contributed by atoms with van der Waals surface area (Å²) in [7, 11) is 2.06. The summed E-state index contributed by atoms with van der Waals surface area (Å²) >= 11 is 0. The fourth-order valence-corrected chi connectivity index (χ4v) is 3.75. The van der Waals surface area contributed by atoms with Crippen LogP contribution >= 0.6 is 0 Å². The molecule has 2 atom stereocenters. The molecule has 2 aliphatic rings. The van der Waals surface area contributed by atoms with Crippen molar-refractivity contribution in [3.63, 3.8) is 0 Å². The lowest BCUT2D eigenvalue weighted by molar-refractivity contribution is -0.0899. The second-order valence-corrected chi connectivity index (χ2v) is 6.38. The minimum Gasteiger partial charge on any atom is -0.373 e. The van der Waals surface area contributed by atoms with Crippen molar-refractivity contribution >= 4 is 0 Å². The van der Waals surface area contributed by atoms with Crippen molar-refractivity contribution in [3.8, 4) is 0 Å². The van der Waals surface area contributed by atoms with Gasteiger partial charge < -0.3 is 10.1 Å². The van der Waals surface area contributed by atoms with Crippen LogP contribution in [0.3, 0.4) is 0 Å². The Hall–Kier alpha value is -0.0800. The molecule has 17 heavy (non-hydrogen) atoms. The van der Waals surface area contributed by atoms with Crippen LogP contribution in [0.25, 0.3) is 0 Å². The summed E-state index contributed by atoms with van der Waals surface area (Å²) in [6, 6.07) is 0. The highest BCUT2D eigenvalue weighted by Gasteiger charge is 2.36. The van der Waals surface area contributed by atoms with E-state index in [2.05, 4.69) is 19.3 Å². The molecule has 0 aliphatic heterocycles. The number of hydrogen-bond donors (Lipinski definition) is 1. The standard InChI is InChI=1S/C15H29NO/c1-13-6-5-9-15(10-13,12-16-2)17-11-14-7-3-4-8-14/h13-14,16H,3-12H2,1-2H3. The van der Waals surface area contributed by atoms with E-state index in [1.54, 1.807) is 0 Å². The molecule has 2 rings (SSSR count). The molecule has 0 radical (unpaired) electrons. The second-order valence-electron chi connectivity index (χ2n) is 6.38. The average Bonchev–Trinajstić information content (AvgIpc) is 2.80. The molecular weight excluding hydrogens is 210 g/mol. The first-order valence-electron chi connectivity index (χ1n) is 7.53. The maximum Gasteiger partial charge on any atom is 0.0808 e. The highest BCUT2D eigenvalue weighted by Crippen LogP contribution is 2.36. The molecule has 100 valence electrons. The van der Waals surface area contributed by atoms with E-state index in [-0.39, 0.29) is 5.60 Å². The van der Waals surface area contributed by atoms with Gasteiger partial charge >= 0.3 is 0 Å². The van der Waals surface area contributed by atoms with Crippen LogP contribution in [-0.4, -0.2) is 25.8 Å². The number of nitrogens with one attached hydrogen (secondary N) is 1. The third kappa shape index (κ3) is 3.69. The molecule has 2 aliphatic carbocycles. The summed E-state index contributed by atoms with van der Waals surface area (Å²) in [5.41, 5.74) is 0.148. The van der Waals surface area contributed by atoms with Crippen LogP contribution in [0.4, 0.5) is 0 Å². The van der Waals surface area contributed by atoms with E-state index in [9.17, 15) is 0 Å². The summed E-state index contributed by atoms with van der Waals surface area (Å²) in [5, 5.41) is 3.35. The van der Waals surface area contributed by atoms with E-state index < -0.39 is 0 Å². The van der Waals surface area contributed by atoms with Crippen LogP contribution in [0.15, 0.2) is 0 Å². The van der Waals surface area contributed by atoms with Gasteiger partial charge in [0.2, 0.25) is 0 Å². The maximum absolute atomic E-state index is 6.40. The van der Waals surface area contributed by atoms with E-state index >= 15 is 0 Å². The quantitative estimate of drug-likeness (QED) is 0.794. The van der Waals surface area contributed by atoms with E-state index in [0.29, 0.717) is 0 Å². The van der Waals surface area contributed by atoms with Crippen LogP contribution in [0.2, 0.25) is 0 Å². The van der Waals surface area contributed by atoms with Gasteiger partial charge in [0, 0.05) is 6.54 Å². The van der Waals surface area contributed by atoms with Crippen molar-refractivity contribution in [1.82, 2.24) is 5.32 Å². The SMILES string of the molecule is CNCC1(OCC2CCCC2)CCCC(C)C1. The highest BCUT2D eigenvalue weighted by molar-refractivity contribution is 4.89. The lowest BCUT2D eigenvalue weighted by Gasteiger charge is -2.40. The highest BCUT2D eigenvalue weighted by atomic mass is 16.5.